The number of esters is 1. The Labute approximate surface area is 186 Å². The molecule has 1 aromatic carbocycles. The molecule has 0 aromatic heterocycles. The van der Waals surface area contributed by atoms with E-state index in [2.05, 4.69) is 13.0 Å². The summed E-state index contributed by atoms with van der Waals surface area (Å²) in [6.45, 7) is 2.15. The molecule has 2 N–H and O–H groups in total. The van der Waals surface area contributed by atoms with E-state index in [1.54, 1.807) is 12.1 Å². The van der Waals surface area contributed by atoms with Crippen molar-refractivity contribution in [2.45, 2.75) is 90.1 Å². The molecule has 31 heavy (non-hydrogen) atoms. The first kappa shape index (κ1) is 25.1. The Morgan fingerprint density at radius 1 is 1.13 bits per heavy atom. The number of aliphatic hydroxyl groups is 1. The summed E-state index contributed by atoms with van der Waals surface area (Å²) in [6.07, 6.45) is 14.2. The number of hydrogen-bond donors (Lipinski definition) is 2. The maximum absolute atomic E-state index is 12.3. The number of Topliss-reactive ketones (excluding diaryl/α,β-unsaturated/α-hetero) is 1. The smallest absolute Gasteiger partial charge is 0.311 e. The number of ether oxygens (including phenoxy) is 1. The molecular weight excluding hydrogens is 392 g/mol. The van der Waals surface area contributed by atoms with Gasteiger partial charge in [0, 0.05) is 18.8 Å². The fourth-order valence-corrected chi connectivity index (χ4v) is 4.19. The summed E-state index contributed by atoms with van der Waals surface area (Å²) in [7, 11) is 0. The Morgan fingerprint density at radius 3 is 2.61 bits per heavy atom. The van der Waals surface area contributed by atoms with Crippen molar-refractivity contribution in [2.24, 2.45) is 11.8 Å². The molecule has 0 saturated heterocycles. The van der Waals surface area contributed by atoms with Crippen LogP contribution in [0.25, 0.3) is 0 Å². The molecule has 5 nitrogen and oxygen atoms in total. The summed E-state index contributed by atoms with van der Waals surface area (Å²) in [5, 5.41) is 19.3. The number of allylic oxidation sites excluding steroid dienone is 1. The third-order valence-corrected chi connectivity index (χ3v) is 6.05. The molecule has 1 aliphatic carbocycles. The minimum Gasteiger partial charge on any atom is -0.508 e. The molecule has 0 bridgehead atoms. The van der Waals surface area contributed by atoms with Gasteiger partial charge in [-0.25, -0.2) is 0 Å². The van der Waals surface area contributed by atoms with Gasteiger partial charge in [-0.2, -0.15) is 0 Å². The van der Waals surface area contributed by atoms with Crippen LogP contribution in [-0.2, 0) is 9.59 Å². The second-order valence-electron chi connectivity index (χ2n) is 8.64. The van der Waals surface area contributed by atoms with Crippen LogP contribution in [0.4, 0.5) is 0 Å². The zero-order valence-electron chi connectivity index (χ0n) is 18.8. The van der Waals surface area contributed by atoms with Gasteiger partial charge in [0.2, 0.25) is 0 Å². The lowest BCUT2D eigenvalue weighted by atomic mass is 9.89. The first-order valence-corrected chi connectivity index (χ1v) is 11.9. The number of phenolic OH excluding ortho intramolecular Hbond substituents is 1. The number of benzene rings is 1. The van der Waals surface area contributed by atoms with Crippen molar-refractivity contribution in [3.63, 3.8) is 0 Å². The van der Waals surface area contributed by atoms with Crippen LogP contribution in [0.3, 0.4) is 0 Å². The van der Waals surface area contributed by atoms with E-state index in [9.17, 15) is 19.8 Å². The fraction of sp³-hybridized carbons (Fsp3) is 0.615. The molecule has 1 aromatic rings. The minimum absolute atomic E-state index is 0.0820. The molecule has 1 aliphatic rings. The monoisotopic (exact) mass is 430 g/mol. The summed E-state index contributed by atoms with van der Waals surface area (Å²) in [4.78, 5) is 24.1. The van der Waals surface area contributed by atoms with E-state index in [0.29, 0.717) is 24.4 Å². The van der Waals surface area contributed by atoms with Crippen molar-refractivity contribution in [1.82, 2.24) is 0 Å². The fourth-order valence-electron chi connectivity index (χ4n) is 4.19. The summed E-state index contributed by atoms with van der Waals surface area (Å²) in [5.74, 6) is 1.01. The summed E-state index contributed by atoms with van der Waals surface area (Å²) in [6, 6.07) is 6.12. The Balaban J connectivity index is 1.61. The molecular formula is C26H38O5. The van der Waals surface area contributed by atoms with Gasteiger partial charge in [-0.15, -0.1) is 0 Å². The number of ketones is 1. The van der Waals surface area contributed by atoms with Crippen LogP contribution in [-0.4, -0.2) is 28.1 Å². The van der Waals surface area contributed by atoms with Gasteiger partial charge in [-0.05, 0) is 55.9 Å². The Hall–Kier alpha value is -2.14. The number of aliphatic hydroxyl groups excluding tert-OH is 1. The third-order valence-electron chi connectivity index (χ3n) is 6.05. The third kappa shape index (κ3) is 9.69. The molecule has 1 saturated carbocycles. The van der Waals surface area contributed by atoms with Crippen molar-refractivity contribution in [3.05, 3.63) is 36.4 Å². The van der Waals surface area contributed by atoms with Gasteiger partial charge < -0.3 is 14.9 Å². The Morgan fingerprint density at radius 2 is 1.87 bits per heavy atom. The Kier molecular flexibility index (Phi) is 11.4. The highest BCUT2D eigenvalue weighted by Crippen LogP contribution is 2.34. The number of carbonyl (C=O) groups excluding carboxylic acids is 2. The first-order valence-electron chi connectivity index (χ1n) is 11.9. The highest BCUT2D eigenvalue weighted by molar-refractivity contribution is 5.83. The summed E-state index contributed by atoms with van der Waals surface area (Å²) < 4.78 is 5.24. The van der Waals surface area contributed by atoms with Crippen LogP contribution in [0, 0.1) is 11.8 Å². The minimum atomic E-state index is -0.399. The number of phenols is 1. The molecule has 0 radical (unpaired) electrons. The van der Waals surface area contributed by atoms with E-state index in [4.69, 9.17) is 4.74 Å². The van der Waals surface area contributed by atoms with Crippen LogP contribution < -0.4 is 4.74 Å². The maximum atomic E-state index is 12.3. The predicted octanol–water partition coefficient (Wildman–Crippen LogP) is 5.73. The van der Waals surface area contributed by atoms with Crippen molar-refractivity contribution >= 4 is 11.8 Å². The molecule has 0 unspecified atom stereocenters. The van der Waals surface area contributed by atoms with E-state index in [1.165, 1.54) is 12.1 Å². The van der Waals surface area contributed by atoms with E-state index in [1.807, 2.05) is 6.08 Å². The summed E-state index contributed by atoms with van der Waals surface area (Å²) >= 11 is 0. The molecule has 2 rings (SSSR count). The normalized spacial score (nSPS) is 19.7. The zero-order valence-corrected chi connectivity index (χ0v) is 18.8. The molecule has 0 aliphatic heterocycles. The molecule has 0 heterocycles. The topological polar surface area (TPSA) is 83.8 Å². The van der Waals surface area contributed by atoms with Crippen molar-refractivity contribution in [3.8, 4) is 11.5 Å². The largest absolute Gasteiger partial charge is 0.508 e. The van der Waals surface area contributed by atoms with Gasteiger partial charge in [-0.3, -0.25) is 9.59 Å². The van der Waals surface area contributed by atoms with Gasteiger partial charge in [0.1, 0.15) is 17.3 Å². The van der Waals surface area contributed by atoms with E-state index in [-0.39, 0.29) is 23.6 Å². The number of unbranched alkanes of at least 4 members (excludes halogenated alkanes) is 5. The van der Waals surface area contributed by atoms with Crippen LogP contribution in [0.2, 0.25) is 0 Å². The molecule has 3 atom stereocenters. The van der Waals surface area contributed by atoms with Crippen molar-refractivity contribution in [2.75, 3.05) is 0 Å². The van der Waals surface area contributed by atoms with E-state index >= 15 is 0 Å². The maximum Gasteiger partial charge on any atom is 0.311 e. The lowest BCUT2D eigenvalue weighted by Crippen LogP contribution is -2.14. The number of carbonyl (C=O) groups is 2. The van der Waals surface area contributed by atoms with Crippen molar-refractivity contribution < 1.29 is 24.5 Å². The second-order valence-corrected chi connectivity index (χ2v) is 8.64. The molecule has 0 spiro atoms. The average Bonchev–Trinajstić information content (AvgIpc) is 3.10. The lowest BCUT2D eigenvalue weighted by molar-refractivity contribution is -0.134. The lowest BCUT2D eigenvalue weighted by Gasteiger charge is -2.15. The molecule has 0 amide bonds. The van der Waals surface area contributed by atoms with Crippen LogP contribution in [0.5, 0.6) is 11.5 Å². The van der Waals surface area contributed by atoms with Gasteiger partial charge in [-0.1, -0.05) is 57.6 Å². The summed E-state index contributed by atoms with van der Waals surface area (Å²) in [5.41, 5.74) is 0. The first-order chi connectivity index (χ1) is 15.0. The second kappa shape index (κ2) is 14.0. The van der Waals surface area contributed by atoms with Crippen molar-refractivity contribution in [1.29, 1.82) is 0 Å². The van der Waals surface area contributed by atoms with Crippen LogP contribution in [0.15, 0.2) is 36.4 Å². The van der Waals surface area contributed by atoms with E-state index < -0.39 is 6.10 Å². The highest BCUT2D eigenvalue weighted by Gasteiger charge is 2.32. The van der Waals surface area contributed by atoms with Crippen LogP contribution in [0.1, 0.15) is 84.0 Å². The average molecular weight is 431 g/mol. The Bertz CT molecular complexity index is 694. The van der Waals surface area contributed by atoms with Gasteiger partial charge in [0.05, 0.1) is 6.10 Å². The quantitative estimate of drug-likeness (QED) is 0.170. The molecule has 5 heteroatoms. The molecule has 1 fully saturated rings. The van der Waals surface area contributed by atoms with Gasteiger partial charge in [0.15, 0.2) is 0 Å². The standard InChI is InChI=1S/C26H38O5/c1-2-3-6-9-21(27)14-12-20-13-19-25(29)24(20)10-7-4-5-8-11-26(30)31-23-17-15-22(28)16-18-23/h12,14-18,20-21,24,27-28H,2-11,13,19H2,1H3/b14-12+/t20-,21-,24+/m0/s1. The zero-order chi connectivity index (χ0) is 22.5. The predicted molar refractivity (Wildman–Crippen MR) is 122 cm³/mol. The van der Waals surface area contributed by atoms with E-state index in [0.717, 1.165) is 64.2 Å². The van der Waals surface area contributed by atoms with Crippen LogP contribution >= 0.6 is 0 Å². The van der Waals surface area contributed by atoms with Gasteiger partial charge >= 0.3 is 5.97 Å². The number of hydrogen-bond acceptors (Lipinski definition) is 5. The number of rotatable bonds is 14. The van der Waals surface area contributed by atoms with Gasteiger partial charge in [0.25, 0.3) is 0 Å². The highest BCUT2D eigenvalue weighted by atomic mass is 16.5. The SMILES string of the molecule is CCCCC[C@H](O)/C=C/[C@H]1CCC(=O)[C@@H]1CCCCCCC(=O)Oc1ccc(O)cc1. The molecule has 172 valence electrons. The number of aromatic hydroxyl groups is 1.